The Hall–Kier alpha value is -1.45. The summed E-state index contributed by atoms with van der Waals surface area (Å²) in [7, 11) is 0. The number of nitrogens with zero attached hydrogens (tertiary/aromatic N) is 2. The highest BCUT2D eigenvalue weighted by atomic mass is 16.4. The third kappa shape index (κ3) is 1.78. The van der Waals surface area contributed by atoms with Gasteiger partial charge in [0, 0.05) is 18.0 Å². The van der Waals surface area contributed by atoms with Crippen molar-refractivity contribution in [3.8, 4) is 0 Å². The second-order valence-corrected chi connectivity index (χ2v) is 2.47. The van der Waals surface area contributed by atoms with Crippen LogP contribution in [0.1, 0.15) is 24.8 Å². The minimum Gasteiger partial charge on any atom is -0.481 e. The van der Waals surface area contributed by atoms with Crippen LogP contribution in [0.25, 0.3) is 0 Å². The molecule has 0 bridgehead atoms. The van der Waals surface area contributed by atoms with Crippen LogP contribution in [0.15, 0.2) is 18.7 Å². The smallest absolute Gasteiger partial charge is 0.311 e. The molecule has 4 nitrogen and oxygen atoms in total. The summed E-state index contributed by atoms with van der Waals surface area (Å²) in [4.78, 5) is 18.2. The van der Waals surface area contributed by atoms with Crippen molar-refractivity contribution >= 4 is 5.97 Å². The summed E-state index contributed by atoms with van der Waals surface area (Å²) in [6, 6.07) is 0. The van der Waals surface area contributed by atoms with Crippen molar-refractivity contribution in [1.82, 2.24) is 9.97 Å². The van der Waals surface area contributed by atoms with Crippen LogP contribution in [-0.4, -0.2) is 21.0 Å². The van der Waals surface area contributed by atoms with Crippen molar-refractivity contribution in [2.24, 2.45) is 0 Å². The first-order chi connectivity index (χ1) is 5.75. The standard InChI is InChI=1S/C8H10N2O2/c1-2-7(8(11)12)6-3-9-5-10-4-6/h3-5,7H,2H2,1H3,(H,11,12). The first-order valence-electron chi connectivity index (χ1n) is 3.73. The highest BCUT2D eigenvalue weighted by molar-refractivity contribution is 5.75. The first-order valence-corrected chi connectivity index (χ1v) is 3.73. The number of carboxylic acids is 1. The van der Waals surface area contributed by atoms with E-state index in [2.05, 4.69) is 9.97 Å². The molecule has 1 rings (SSSR count). The van der Waals surface area contributed by atoms with Crippen molar-refractivity contribution in [2.75, 3.05) is 0 Å². The number of aliphatic carboxylic acids is 1. The van der Waals surface area contributed by atoms with Gasteiger partial charge in [-0.3, -0.25) is 4.79 Å². The van der Waals surface area contributed by atoms with Gasteiger partial charge in [-0.1, -0.05) is 6.92 Å². The number of carboxylic acid groups (broad SMARTS) is 1. The van der Waals surface area contributed by atoms with Gasteiger partial charge in [-0.15, -0.1) is 0 Å². The normalized spacial score (nSPS) is 12.4. The van der Waals surface area contributed by atoms with Crippen LogP contribution in [0, 0.1) is 0 Å². The van der Waals surface area contributed by atoms with Gasteiger partial charge in [-0.25, -0.2) is 9.97 Å². The van der Waals surface area contributed by atoms with Gasteiger partial charge in [-0.05, 0) is 6.42 Å². The molecule has 1 heterocycles. The molecule has 0 radical (unpaired) electrons. The van der Waals surface area contributed by atoms with Crippen LogP contribution in [-0.2, 0) is 4.79 Å². The third-order valence-electron chi connectivity index (χ3n) is 1.69. The Morgan fingerprint density at radius 1 is 1.58 bits per heavy atom. The molecule has 0 aromatic carbocycles. The molecule has 12 heavy (non-hydrogen) atoms. The molecule has 1 N–H and O–H groups in total. The third-order valence-corrected chi connectivity index (χ3v) is 1.69. The molecule has 1 unspecified atom stereocenters. The topological polar surface area (TPSA) is 63.1 Å². The lowest BCUT2D eigenvalue weighted by Gasteiger charge is -2.07. The molecule has 4 heteroatoms. The van der Waals surface area contributed by atoms with Gasteiger partial charge in [0.15, 0.2) is 0 Å². The van der Waals surface area contributed by atoms with Crippen LogP contribution in [0.3, 0.4) is 0 Å². The van der Waals surface area contributed by atoms with Gasteiger partial charge in [0.25, 0.3) is 0 Å². The monoisotopic (exact) mass is 166 g/mol. The van der Waals surface area contributed by atoms with E-state index >= 15 is 0 Å². The minimum absolute atomic E-state index is 0.480. The molecule has 0 aliphatic rings. The molecule has 1 aromatic rings. The highest BCUT2D eigenvalue weighted by Crippen LogP contribution is 2.16. The van der Waals surface area contributed by atoms with Gasteiger partial charge in [0.1, 0.15) is 6.33 Å². The van der Waals surface area contributed by atoms with E-state index in [1.54, 1.807) is 0 Å². The molecule has 0 aliphatic carbocycles. The Morgan fingerprint density at radius 3 is 2.58 bits per heavy atom. The zero-order chi connectivity index (χ0) is 8.97. The molecule has 0 amide bonds. The zero-order valence-electron chi connectivity index (χ0n) is 6.77. The Balaban J connectivity index is 2.88. The summed E-state index contributed by atoms with van der Waals surface area (Å²) in [6.07, 6.45) is 5.02. The summed E-state index contributed by atoms with van der Waals surface area (Å²) < 4.78 is 0. The van der Waals surface area contributed by atoms with Crippen LogP contribution in [0.4, 0.5) is 0 Å². The van der Waals surface area contributed by atoms with Crippen molar-refractivity contribution in [2.45, 2.75) is 19.3 Å². The molecular weight excluding hydrogens is 156 g/mol. The van der Waals surface area contributed by atoms with Crippen molar-refractivity contribution < 1.29 is 9.90 Å². The van der Waals surface area contributed by atoms with Gasteiger partial charge >= 0.3 is 5.97 Å². The van der Waals surface area contributed by atoms with Crippen LogP contribution >= 0.6 is 0 Å². The number of hydrogen-bond acceptors (Lipinski definition) is 3. The number of aromatic nitrogens is 2. The van der Waals surface area contributed by atoms with E-state index in [1.165, 1.54) is 18.7 Å². The predicted molar refractivity (Wildman–Crippen MR) is 42.7 cm³/mol. The molecule has 0 aliphatic heterocycles. The Morgan fingerprint density at radius 2 is 2.17 bits per heavy atom. The number of rotatable bonds is 3. The largest absolute Gasteiger partial charge is 0.481 e. The molecule has 1 aromatic heterocycles. The van der Waals surface area contributed by atoms with Gasteiger partial charge in [-0.2, -0.15) is 0 Å². The fraction of sp³-hybridized carbons (Fsp3) is 0.375. The van der Waals surface area contributed by atoms with E-state index in [0.717, 1.165) is 0 Å². The summed E-state index contributed by atoms with van der Waals surface area (Å²) in [5.74, 6) is -1.31. The van der Waals surface area contributed by atoms with E-state index in [1.807, 2.05) is 6.92 Å². The van der Waals surface area contributed by atoms with Gasteiger partial charge in [0.2, 0.25) is 0 Å². The van der Waals surface area contributed by atoms with E-state index < -0.39 is 11.9 Å². The molecule has 0 fully saturated rings. The van der Waals surface area contributed by atoms with E-state index in [4.69, 9.17) is 5.11 Å². The predicted octanol–water partition coefficient (Wildman–Crippen LogP) is 1.05. The lowest BCUT2D eigenvalue weighted by atomic mass is 10.0. The fourth-order valence-corrected chi connectivity index (χ4v) is 1.04. The van der Waals surface area contributed by atoms with Gasteiger partial charge in [0.05, 0.1) is 5.92 Å². The summed E-state index contributed by atoms with van der Waals surface area (Å²) in [6.45, 7) is 1.83. The minimum atomic E-state index is -0.827. The molecule has 0 spiro atoms. The van der Waals surface area contributed by atoms with E-state index in [9.17, 15) is 4.79 Å². The maximum absolute atomic E-state index is 10.7. The maximum atomic E-state index is 10.7. The molecule has 64 valence electrons. The quantitative estimate of drug-likeness (QED) is 0.729. The second-order valence-electron chi connectivity index (χ2n) is 2.47. The summed E-state index contributed by atoms with van der Waals surface area (Å²) in [5.41, 5.74) is 0.660. The Kier molecular flexibility index (Phi) is 2.74. The molecule has 0 saturated carbocycles. The van der Waals surface area contributed by atoms with Crippen molar-refractivity contribution in [3.63, 3.8) is 0 Å². The van der Waals surface area contributed by atoms with Crippen LogP contribution in [0.2, 0.25) is 0 Å². The molecule has 0 saturated heterocycles. The summed E-state index contributed by atoms with van der Waals surface area (Å²) >= 11 is 0. The molecular formula is C8H10N2O2. The van der Waals surface area contributed by atoms with Crippen molar-refractivity contribution in [3.05, 3.63) is 24.3 Å². The second kappa shape index (κ2) is 3.80. The highest BCUT2D eigenvalue weighted by Gasteiger charge is 2.17. The lowest BCUT2D eigenvalue weighted by molar-refractivity contribution is -0.138. The Bertz CT molecular complexity index is 261. The zero-order valence-corrected chi connectivity index (χ0v) is 6.77. The Labute approximate surface area is 70.3 Å². The maximum Gasteiger partial charge on any atom is 0.311 e. The molecule has 1 atom stereocenters. The van der Waals surface area contributed by atoms with E-state index in [0.29, 0.717) is 12.0 Å². The SMILES string of the molecule is CCC(C(=O)O)c1cncnc1. The van der Waals surface area contributed by atoms with Gasteiger partial charge < -0.3 is 5.11 Å². The fourth-order valence-electron chi connectivity index (χ4n) is 1.04. The lowest BCUT2D eigenvalue weighted by Crippen LogP contribution is -2.10. The average molecular weight is 166 g/mol. The summed E-state index contributed by atoms with van der Waals surface area (Å²) in [5, 5.41) is 8.77. The van der Waals surface area contributed by atoms with Crippen molar-refractivity contribution in [1.29, 1.82) is 0 Å². The first kappa shape index (κ1) is 8.64. The number of hydrogen-bond donors (Lipinski definition) is 1. The van der Waals surface area contributed by atoms with E-state index in [-0.39, 0.29) is 0 Å². The average Bonchev–Trinajstić information content (AvgIpc) is 2.07. The number of carbonyl (C=O) groups is 1. The van der Waals surface area contributed by atoms with Crippen LogP contribution in [0.5, 0.6) is 0 Å². The van der Waals surface area contributed by atoms with Crippen LogP contribution < -0.4 is 0 Å².